The Balaban J connectivity index is 1.57. The Hall–Kier alpha value is -4.12. The van der Waals surface area contributed by atoms with Crippen LogP contribution in [-0.4, -0.2) is 21.4 Å². The summed E-state index contributed by atoms with van der Waals surface area (Å²) in [6, 6.07) is 29.9. The molecule has 0 atom stereocenters. The van der Waals surface area contributed by atoms with E-state index in [1.165, 1.54) is 0 Å². The molecule has 0 aliphatic rings. The molecule has 29 heavy (non-hydrogen) atoms. The van der Waals surface area contributed by atoms with E-state index >= 15 is 0 Å². The number of hydrogen-bond donors (Lipinski definition) is 1. The summed E-state index contributed by atoms with van der Waals surface area (Å²) in [6.45, 7) is 0. The smallest absolute Gasteiger partial charge is 0.244 e. The molecule has 4 aromatic rings. The molecule has 0 aliphatic heterocycles. The molecule has 0 amide bonds. The highest BCUT2D eigenvalue weighted by Crippen LogP contribution is 2.28. The van der Waals surface area contributed by atoms with Crippen LogP contribution in [0, 0.1) is 0 Å². The van der Waals surface area contributed by atoms with Gasteiger partial charge in [-0.2, -0.15) is 5.10 Å². The molecule has 0 fully saturated rings. The Bertz CT molecular complexity index is 1110. The Morgan fingerprint density at radius 1 is 0.655 bits per heavy atom. The number of nitrogens with zero attached hydrogens (tertiary/aromatic N) is 4. The lowest BCUT2D eigenvalue weighted by atomic mass is 10.0. The standard InChI is InChI=1S/C24H19N5/c1-4-11-19(12-5-1)13-10-18-25-28-24-26-22(20-14-6-2-7-15-20)23(27-29-24)21-16-8-3-9-17-21/h1-18H,(H,26,28,29). The maximum absolute atomic E-state index is 4.65. The van der Waals surface area contributed by atoms with Crippen LogP contribution in [0.25, 0.3) is 28.6 Å². The zero-order valence-corrected chi connectivity index (χ0v) is 15.7. The molecule has 1 aromatic heterocycles. The minimum absolute atomic E-state index is 0.341. The van der Waals surface area contributed by atoms with Crippen molar-refractivity contribution < 1.29 is 0 Å². The SMILES string of the molecule is C(=Cc1ccccc1)C=NNc1nnc(-c2ccccc2)c(-c2ccccc2)n1. The van der Waals surface area contributed by atoms with Crippen LogP contribution >= 0.6 is 0 Å². The first-order valence-electron chi connectivity index (χ1n) is 9.26. The molecule has 1 heterocycles. The number of allylic oxidation sites excluding steroid dienone is 1. The second-order valence-electron chi connectivity index (χ2n) is 6.22. The van der Waals surface area contributed by atoms with Gasteiger partial charge in [-0.3, -0.25) is 0 Å². The maximum Gasteiger partial charge on any atom is 0.263 e. The number of rotatable bonds is 6. The maximum atomic E-state index is 4.65. The van der Waals surface area contributed by atoms with E-state index in [-0.39, 0.29) is 0 Å². The van der Waals surface area contributed by atoms with Crippen LogP contribution < -0.4 is 5.43 Å². The van der Waals surface area contributed by atoms with E-state index in [1.54, 1.807) is 6.21 Å². The van der Waals surface area contributed by atoms with Crippen LogP contribution in [0.1, 0.15) is 5.56 Å². The summed E-state index contributed by atoms with van der Waals surface area (Å²) in [5.41, 5.74) is 7.38. The third-order valence-corrected chi connectivity index (χ3v) is 4.19. The lowest BCUT2D eigenvalue weighted by Gasteiger charge is -2.09. The fourth-order valence-electron chi connectivity index (χ4n) is 2.82. The predicted molar refractivity (Wildman–Crippen MR) is 118 cm³/mol. The first-order valence-corrected chi connectivity index (χ1v) is 9.26. The zero-order valence-electron chi connectivity index (χ0n) is 15.7. The van der Waals surface area contributed by atoms with Crippen molar-refractivity contribution in [3.8, 4) is 22.5 Å². The summed E-state index contributed by atoms with van der Waals surface area (Å²) in [6.07, 6.45) is 5.48. The molecule has 3 aromatic carbocycles. The van der Waals surface area contributed by atoms with Crippen molar-refractivity contribution in [2.24, 2.45) is 5.10 Å². The number of hydrogen-bond acceptors (Lipinski definition) is 5. The molecule has 0 unspecified atom stereocenters. The normalized spacial score (nSPS) is 11.2. The fourth-order valence-corrected chi connectivity index (χ4v) is 2.82. The lowest BCUT2D eigenvalue weighted by molar-refractivity contribution is 0.973. The number of aromatic nitrogens is 3. The van der Waals surface area contributed by atoms with Crippen LogP contribution in [0.4, 0.5) is 5.95 Å². The van der Waals surface area contributed by atoms with E-state index in [9.17, 15) is 0 Å². The van der Waals surface area contributed by atoms with Crippen molar-refractivity contribution in [1.82, 2.24) is 15.2 Å². The van der Waals surface area contributed by atoms with Gasteiger partial charge in [0.05, 0.1) is 0 Å². The quantitative estimate of drug-likeness (QED) is 0.365. The minimum Gasteiger partial charge on any atom is -0.244 e. The Morgan fingerprint density at radius 2 is 1.24 bits per heavy atom. The van der Waals surface area contributed by atoms with Crippen LogP contribution in [0.5, 0.6) is 0 Å². The topological polar surface area (TPSA) is 63.1 Å². The molecule has 0 bridgehead atoms. The van der Waals surface area contributed by atoms with Gasteiger partial charge in [-0.25, -0.2) is 10.4 Å². The summed E-state index contributed by atoms with van der Waals surface area (Å²) in [5.74, 6) is 0.341. The van der Waals surface area contributed by atoms with E-state index in [0.717, 1.165) is 28.1 Å². The average Bonchev–Trinajstić information content (AvgIpc) is 2.81. The van der Waals surface area contributed by atoms with E-state index < -0.39 is 0 Å². The van der Waals surface area contributed by atoms with Gasteiger partial charge in [-0.1, -0.05) is 97.1 Å². The van der Waals surface area contributed by atoms with E-state index in [1.807, 2.05) is 103 Å². The Kier molecular flexibility index (Phi) is 5.78. The van der Waals surface area contributed by atoms with E-state index in [2.05, 4.69) is 25.7 Å². The van der Waals surface area contributed by atoms with Crippen LogP contribution in [0.3, 0.4) is 0 Å². The van der Waals surface area contributed by atoms with Crippen molar-refractivity contribution in [3.63, 3.8) is 0 Å². The molecule has 0 aliphatic carbocycles. The van der Waals surface area contributed by atoms with Gasteiger partial charge in [0.25, 0.3) is 5.95 Å². The van der Waals surface area contributed by atoms with Crippen molar-refractivity contribution >= 4 is 18.2 Å². The van der Waals surface area contributed by atoms with Crippen LogP contribution in [-0.2, 0) is 0 Å². The van der Waals surface area contributed by atoms with Crippen molar-refractivity contribution in [1.29, 1.82) is 0 Å². The summed E-state index contributed by atoms with van der Waals surface area (Å²) < 4.78 is 0. The molecule has 5 nitrogen and oxygen atoms in total. The second kappa shape index (κ2) is 9.19. The van der Waals surface area contributed by atoms with Crippen LogP contribution in [0.15, 0.2) is 102 Å². The molecule has 5 heteroatoms. The van der Waals surface area contributed by atoms with Gasteiger partial charge in [0.2, 0.25) is 0 Å². The van der Waals surface area contributed by atoms with E-state index in [0.29, 0.717) is 5.95 Å². The van der Waals surface area contributed by atoms with Gasteiger partial charge in [0.15, 0.2) is 0 Å². The number of nitrogens with one attached hydrogen (secondary N) is 1. The highest BCUT2D eigenvalue weighted by atomic mass is 15.4. The number of anilines is 1. The molecule has 1 N–H and O–H groups in total. The van der Waals surface area contributed by atoms with Crippen molar-refractivity contribution in [3.05, 3.63) is 103 Å². The minimum atomic E-state index is 0.341. The van der Waals surface area contributed by atoms with Gasteiger partial charge in [0, 0.05) is 17.3 Å². The summed E-state index contributed by atoms with van der Waals surface area (Å²) >= 11 is 0. The average molecular weight is 377 g/mol. The molecule has 0 spiro atoms. The third kappa shape index (κ3) is 4.78. The molecule has 4 rings (SSSR count). The largest absolute Gasteiger partial charge is 0.263 e. The Morgan fingerprint density at radius 3 is 1.90 bits per heavy atom. The first-order chi connectivity index (χ1) is 14.4. The van der Waals surface area contributed by atoms with E-state index in [4.69, 9.17) is 0 Å². The third-order valence-electron chi connectivity index (χ3n) is 4.19. The molecule has 0 saturated heterocycles. The molecule has 140 valence electrons. The monoisotopic (exact) mass is 377 g/mol. The summed E-state index contributed by atoms with van der Waals surface area (Å²) in [4.78, 5) is 4.65. The number of benzene rings is 3. The molecule has 0 radical (unpaired) electrons. The van der Waals surface area contributed by atoms with Crippen molar-refractivity contribution in [2.45, 2.75) is 0 Å². The highest BCUT2D eigenvalue weighted by Gasteiger charge is 2.12. The Labute approximate surface area is 169 Å². The van der Waals surface area contributed by atoms with Crippen molar-refractivity contribution in [2.75, 3.05) is 5.43 Å². The zero-order chi connectivity index (χ0) is 19.7. The summed E-state index contributed by atoms with van der Waals surface area (Å²) in [7, 11) is 0. The molecular weight excluding hydrogens is 358 g/mol. The first kappa shape index (κ1) is 18.3. The van der Waals surface area contributed by atoms with Gasteiger partial charge in [0.1, 0.15) is 11.4 Å². The molecule has 0 saturated carbocycles. The highest BCUT2D eigenvalue weighted by molar-refractivity contribution is 5.79. The summed E-state index contributed by atoms with van der Waals surface area (Å²) in [5, 5.41) is 12.8. The lowest BCUT2D eigenvalue weighted by Crippen LogP contribution is -2.02. The molecular formula is C24H19N5. The van der Waals surface area contributed by atoms with Gasteiger partial charge in [-0.05, 0) is 11.6 Å². The second-order valence-corrected chi connectivity index (χ2v) is 6.22. The van der Waals surface area contributed by atoms with Gasteiger partial charge < -0.3 is 0 Å². The van der Waals surface area contributed by atoms with Crippen LogP contribution in [0.2, 0.25) is 0 Å². The predicted octanol–water partition coefficient (Wildman–Crippen LogP) is 5.32. The van der Waals surface area contributed by atoms with Gasteiger partial charge >= 0.3 is 0 Å². The number of hydrazone groups is 1. The fraction of sp³-hybridized carbons (Fsp3) is 0. The van der Waals surface area contributed by atoms with Gasteiger partial charge in [-0.15, -0.1) is 10.2 Å².